The van der Waals surface area contributed by atoms with Gasteiger partial charge in [-0.25, -0.2) is 4.98 Å². The van der Waals surface area contributed by atoms with Crippen LogP contribution in [0.4, 0.5) is 5.95 Å². The van der Waals surface area contributed by atoms with Crippen LogP contribution in [0.5, 0.6) is 0 Å². The van der Waals surface area contributed by atoms with Crippen LogP contribution >= 0.6 is 23.2 Å². The molecule has 1 aromatic carbocycles. The highest BCUT2D eigenvalue weighted by molar-refractivity contribution is 6.42. The number of halogens is 2. The number of nitrogens with two attached hydrogens (primary N) is 1. The Bertz CT molecular complexity index is 693. The lowest BCUT2D eigenvalue weighted by Crippen LogP contribution is -2.32. The topological polar surface area (TPSA) is 72.9 Å². The highest BCUT2D eigenvalue weighted by Crippen LogP contribution is 2.31. The summed E-state index contributed by atoms with van der Waals surface area (Å²) in [5, 5.41) is 3.79. The zero-order valence-electron chi connectivity index (χ0n) is 10.9. The molecule has 5 nitrogen and oxygen atoms in total. The summed E-state index contributed by atoms with van der Waals surface area (Å²) in [5.41, 5.74) is 7.26. The molecule has 0 spiro atoms. The number of carbonyl (C=O) groups excluding carboxylic acids is 1. The first-order chi connectivity index (χ1) is 9.47. The van der Waals surface area contributed by atoms with Gasteiger partial charge in [0, 0.05) is 6.04 Å². The number of rotatable bonds is 3. The number of nitrogens with one attached hydrogen (secondary N) is 1. The average molecular weight is 313 g/mol. The van der Waals surface area contributed by atoms with Gasteiger partial charge in [-0.05, 0) is 31.9 Å². The summed E-state index contributed by atoms with van der Waals surface area (Å²) in [6.45, 7) is 1.79. The summed E-state index contributed by atoms with van der Waals surface area (Å²) in [6.07, 6.45) is 2.08. The van der Waals surface area contributed by atoms with Crippen molar-refractivity contribution in [2.45, 2.75) is 31.8 Å². The fourth-order valence-electron chi connectivity index (χ4n) is 2.18. The molecule has 0 aliphatic heterocycles. The molecule has 1 aliphatic rings. The van der Waals surface area contributed by atoms with E-state index in [1.165, 1.54) is 0 Å². The van der Waals surface area contributed by atoms with Crippen molar-refractivity contribution in [1.82, 2.24) is 14.9 Å². The molecular formula is C13H14Cl2N4O. The molecule has 1 aliphatic carbocycles. The second kappa shape index (κ2) is 4.82. The van der Waals surface area contributed by atoms with E-state index >= 15 is 0 Å². The van der Waals surface area contributed by atoms with Crippen molar-refractivity contribution in [1.29, 1.82) is 0 Å². The molecule has 0 saturated heterocycles. The van der Waals surface area contributed by atoms with Crippen molar-refractivity contribution in [2.75, 3.05) is 5.73 Å². The number of hydrogen-bond donors (Lipinski definition) is 2. The highest BCUT2D eigenvalue weighted by atomic mass is 35.5. The molecule has 1 amide bonds. The number of nitrogens with zero attached hydrogens (tertiary/aromatic N) is 2. The smallest absolute Gasteiger partial charge is 0.243 e. The summed E-state index contributed by atoms with van der Waals surface area (Å²) in [4.78, 5) is 16.4. The number of imidazole rings is 1. The molecule has 3 rings (SSSR count). The van der Waals surface area contributed by atoms with Gasteiger partial charge in [-0.2, -0.15) is 0 Å². The zero-order chi connectivity index (χ0) is 14.4. The molecule has 3 N–H and O–H groups in total. The third kappa shape index (κ3) is 2.31. The minimum atomic E-state index is -0.446. The van der Waals surface area contributed by atoms with Crippen molar-refractivity contribution in [3.8, 4) is 0 Å². The number of nitrogen functional groups attached to an aromatic ring is 1. The van der Waals surface area contributed by atoms with E-state index in [4.69, 9.17) is 28.9 Å². The van der Waals surface area contributed by atoms with Gasteiger partial charge in [0.05, 0.1) is 21.1 Å². The van der Waals surface area contributed by atoms with Crippen molar-refractivity contribution in [3.05, 3.63) is 22.2 Å². The number of benzene rings is 1. The lowest BCUT2D eigenvalue weighted by atomic mass is 10.2. The standard InChI is InChI=1S/C13H14Cl2N4O/c1-6(12(20)17-7-2-3-7)19-11-5-9(15)8(14)4-10(11)18-13(19)16/h4-7H,2-3H2,1H3,(H2,16,18)(H,17,20). The Hall–Kier alpha value is -1.46. The Balaban J connectivity index is 2.02. The number of aromatic nitrogens is 2. The summed E-state index contributed by atoms with van der Waals surface area (Å²) in [7, 11) is 0. The van der Waals surface area contributed by atoms with Crippen LogP contribution in [-0.2, 0) is 4.79 Å². The maximum Gasteiger partial charge on any atom is 0.243 e. The molecule has 20 heavy (non-hydrogen) atoms. The molecule has 1 unspecified atom stereocenters. The van der Waals surface area contributed by atoms with Crippen molar-refractivity contribution in [2.24, 2.45) is 0 Å². The number of carbonyl (C=O) groups is 1. The van der Waals surface area contributed by atoms with Crippen LogP contribution in [0.15, 0.2) is 12.1 Å². The van der Waals surface area contributed by atoms with Gasteiger partial charge >= 0.3 is 0 Å². The van der Waals surface area contributed by atoms with Crippen LogP contribution in [0.3, 0.4) is 0 Å². The molecule has 2 aromatic rings. The summed E-state index contributed by atoms with van der Waals surface area (Å²) in [5.74, 6) is 0.210. The maximum atomic E-state index is 12.2. The summed E-state index contributed by atoms with van der Waals surface area (Å²) < 4.78 is 1.68. The normalized spacial score (nSPS) is 16.4. The van der Waals surface area contributed by atoms with E-state index in [0.717, 1.165) is 12.8 Å². The Kier molecular flexibility index (Phi) is 3.26. The first-order valence-corrected chi connectivity index (χ1v) is 7.16. The molecule has 1 saturated carbocycles. The maximum absolute atomic E-state index is 12.2. The molecule has 0 radical (unpaired) electrons. The first kappa shape index (κ1) is 13.5. The molecule has 1 heterocycles. The van der Waals surface area contributed by atoms with Gasteiger partial charge in [0.1, 0.15) is 6.04 Å². The van der Waals surface area contributed by atoms with Gasteiger partial charge in [0.15, 0.2) is 0 Å². The molecule has 1 atom stereocenters. The molecule has 7 heteroatoms. The van der Waals surface area contributed by atoms with Crippen LogP contribution in [0, 0.1) is 0 Å². The highest BCUT2D eigenvalue weighted by Gasteiger charge is 2.28. The Morgan fingerprint density at radius 3 is 2.75 bits per heavy atom. The lowest BCUT2D eigenvalue weighted by molar-refractivity contribution is -0.123. The number of anilines is 1. The van der Waals surface area contributed by atoms with Gasteiger partial charge in [0.2, 0.25) is 11.9 Å². The Morgan fingerprint density at radius 1 is 1.45 bits per heavy atom. The predicted octanol–water partition coefficient (Wildman–Crippen LogP) is 2.76. The van der Waals surface area contributed by atoms with Crippen LogP contribution in [-0.4, -0.2) is 21.5 Å². The SMILES string of the molecule is CC(C(=O)NC1CC1)n1c(N)nc2cc(Cl)c(Cl)cc21. The van der Waals surface area contributed by atoms with E-state index in [9.17, 15) is 4.79 Å². The molecular weight excluding hydrogens is 299 g/mol. The summed E-state index contributed by atoms with van der Waals surface area (Å²) >= 11 is 12.0. The van der Waals surface area contributed by atoms with E-state index in [0.29, 0.717) is 27.1 Å². The largest absolute Gasteiger partial charge is 0.369 e. The van der Waals surface area contributed by atoms with E-state index in [-0.39, 0.29) is 11.9 Å². The first-order valence-electron chi connectivity index (χ1n) is 6.40. The van der Waals surface area contributed by atoms with Crippen LogP contribution in [0.25, 0.3) is 11.0 Å². The second-order valence-electron chi connectivity index (χ2n) is 5.05. The number of hydrogen-bond acceptors (Lipinski definition) is 3. The third-order valence-electron chi connectivity index (χ3n) is 3.45. The molecule has 1 aromatic heterocycles. The quantitative estimate of drug-likeness (QED) is 0.915. The van der Waals surface area contributed by atoms with E-state index < -0.39 is 6.04 Å². The molecule has 106 valence electrons. The predicted molar refractivity (Wildman–Crippen MR) is 80.0 cm³/mol. The van der Waals surface area contributed by atoms with Gasteiger partial charge in [-0.1, -0.05) is 23.2 Å². The minimum absolute atomic E-state index is 0.0652. The fraction of sp³-hybridized carbons (Fsp3) is 0.385. The van der Waals surface area contributed by atoms with Gasteiger partial charge < -0.3 is 11.1 Å². The zero-order valence-corrected chi connectivity index (χ0v) is 12.4. The van der Waals surface area contributed by atoms with E-state index in [1.54, 1.807) is 23.6 Å². The van der Waals surface area contributed by atoms with Gasteiger partial charge in [-0.15, -0.1) is 0 Å². The molecule has 0 bridgehead atoms. The van der Waals surface area contributed by atoms with Crippen molar-refractivity contribution in [3.63, 3.8) is 0 Å². The molecule has 1 fully saturated rings. The van der Waals surface area contributed by atoms with Gasteiger partial charge in [-0.3, -0.25) is 9.36 Å². The third-order valence-corrected chi connectivity index (χ3v) is 4.17. The fourth-order valence-corrected chi connectivity index (χ4v) is 2.50. The average Bonchev–Trinajstić information content (AvgIpc) is 3.13. The minimum Gasteiger partial charge on any atom is -0.369 e. The van der Waals surface area contributed by atoms with E-state index in [1.807, 2.05) is 0 Å². The van der Waals surface area contributed by atoms with Crippen LogP contribution < -0.4 is 11.1 Å². The van der Waals surface area contributed by atoms with Crippen molar-refractivity contribution < 1.29 is 4.79 Å². The van der Waals surface area contributed by atoms with Crippen LogP contribution in [0.2, 0.25) is 10.0 Å². The number of fused-ring (bicyclic) bond motifs is 1. The van der Waals surface area contributed by atoms with E-state index in [2.05, 4.69) is 10.3 Å². The second-order valence-corrected chi connectivity index (χ2v) is 5.87. The monoisotopic (exact) mass is 312 g/mol. The Morgan fingerprint density at radius 2 is 2.10 bits per heavy atom. The summed E-state index contributed by atoms with van der Waals surface area (Å²) in [6, 6.07) is 3.19. The lowest BCUT2D eigenvalue weighted by Gasteiger charge is -2.15. The van der Waals surface area contributed by atoms with Gasteiger partial charge in [0.25, 0.3) is 0 Å². The Labute approximate surface area is 126 Å². The number of amides is 1. The van der Waals surface area contributed by atoms with Crippen molar-refractivity contribution >= 4 is 46.1 Å². The van der Waals surface area contributed by atoms with Crippen LogP contribution in [0.1, 0.15) is 25.8 Å².